The molecule has 4 rings (SSSR count). The Morgan fingerprint density at radius 1 is 1.09 bits per heavy atom. The van der Waals surface area contributed by atoms with E-state index in [0.29, 0.717) is 23.9 Å². The lowest BCUT2D eigenvalue weighted by Gasteiger charge is -2.13. The SMILES string of the molecule is Cc1ccc(NC(=O)COc2ccc(Cl)cc2CNCCSc2nnnn2-c2ccccc2)cc1. The Balaban J connectivity index is 1.25. The van der Waals surface area contributed by atoms with E-state index in [9.17, 15) is 4.79 Å². The van der Waals surface area contributed by atoms with Crippen LogP contribution in [0.15, 0.2) is 78.0 Å². The second-order valence-corrected chi connectivity index (χ2v) is 9.19. The minimum Gasteiger partial charge on any atom is -0.483 e. The van der Waals surface area contributed by atoms with Crippen molar-refractivity contribution in [2.75, 3.05) is 24.2 Å². The third-order valence-electron chi connectivity index (χ3n) is 4.98. The van der Waals surface area contributed by atoms with Crippen LogP contribution in [-0.4, -0.2) is 45.0 Å². The highest BCUT2D eigenvalue weighted by Gasteiger charge is 2.10. The first-order valence-corrected chi connectivity index (χ1v) is 12.4. The van der Waals surface area contributed by atoms with E-state index in [1.165, 1.54) is 0 Å². The number of tetrazole rings is 1. The first kappa shape index (κ1) is 24.7. The molecular formula is C25H25ClN6O2S. The van der Waals surface area contributed by atoms with Gasteiger partial charge in [-0.15, -0.1) is 5.10 Å². The number of hydrogen-bond donors (Lipinski definition) is 2. The van der Waals surface area contributed by atoms with Crippen LogP contribution in [0.2, 0.25) is 5.02 Å². The molecule has 0 aliphatic carbocycles. The second kappa shape index (κ2) is 12.3. The lowest BCUT2D eigenvalue weighted by Crippen LogP contribution is -2.21. The summed E-state index contributed by atoms with van der Waals surface area (Å²) in [5.41, 5.74) is 3.66. The molecule has 2 N–H and O–H groups in total. The lowest BCUT2D eigenvalue weighted by atomic mass is 10.2. The van der Waals surface area contributed by atoms with Crippen molar-refractivity contribution in [3.8, 4) is 11.4 Å². The summed E-state index contributed by atoms with van der Waals surface area (Å²) in [6.45, 7) is 3.16. The molecule has 1 aromatic heterocycles. The molecule has 1 heterocycles. The average Bonchev–Trinajstić information content (AvgIpc) is 3.34. The summed E-state index contributed by atoms with van der Waals surface area (Å²) in [4.78, 5) is 12.3. The van der Waals surface area contributed by atoms with E-state index >= 15 is 0 Å². The van der Waals surface area contributed by atoms with E-state index in [1.54, 1.807) is 28.6 Å². The highest BCUT2D eigenvalue weighted by Crippen LogP contribution is 2.23. The number of carbonyl (C=O) groups excluding carboxylic acids is 1. The van der Waals surface area contributed by atoms with Gasteiger partial charge in [-0.1, -0.05) is 59.3 Å². The fourth-order valence-corrected chi connectivity index (χ4v) is 4.22. The number of benzene rings is 3. The lowest BCUT2D eigenvalue weighted by molar-refractivity contribution is -0.118. The maximum Gasteiger partial charge on any atom is 0.262 e. The largest absolute Gasteiger partial charge is 0.483 e. The molecule has 3 aromatic carbocycles. The van der Waals surface area contributed by atoms with Crippen molar-refractivity contribution in [3.63, 3.8) is 0 Å². The summed E-state index contributed by atoms with van der Waals surface area (Å²) in [5.74, 6) is 1.15. The van der Waals surface area contributed by atoms with Crippen molar-refractivity contribution in [2.45, 2.75) is 18.6 Å². The predicted molar refractivity (Wildman–Crippen MR) is 138 cm³/mol. The summed E-state index contributed by atoms with van der Waals surface area (Å²) in [6, 6.07) is 22.7. The molecule has 0 aliphatic rings. The van der Waals surface area contributed by atoms with Gasteiger partial charge in [0.15, 0.2) is 6.61 Å². The van der Waals surface area contributed by atoms with Gasteiger partial charge in [-0.05, 0) is 59.8 Å². The predicted octanol–water partition coefficient (Wildman–Crippen LogP) is 4.52. The Morgan fingerprint density at radius 2 is 1.89 bits per heavy atom. The fraction of sp³-hybridized carbons (Fsp3) is 0.200. The molecule has 35 heavy (non-hydrogen) atoms. The number of hydrogen-bond acceptors (Lipinski definition) is 7. The van der Waals surface area contributed by atoms with Gasteiger partial charge in [0.25, 0.3) is 5.91 Å². The molecule has 0 saturated heterocycles. The number of rotatable bonds is 11. The van der Waals surface area contributed by atoms with E-state index in [4.69, 9.17) is 16.3 Å². The molecule has 0 spiro atoms. The van der Waals surface area contributed by atoms with Crippen LogP contribution in [-0.2, 0) is 11.3 Å². The highest BCUT2D eigenvalue weighted by atomic mass is 35.5. The summed E-state index contributed by atoms with van der Waals surface area (Å²) >= 11 is 7.75. The monoisotopic (exact) mass is 508 g/mol. The first-order valence-electron chi connectivity index (χ1n) is 11.0. The molecule has 10 heteroatoms. The summed E-state index contributed by atoms with van der Waals surface area (Å²) in [7, 11) is 0. The number of thioether (sulfide) groups is 1. The molecule has 0 aliphatic heterocycles. The molecule has 180 valence electrons. The second-order valence-electron chi connectivity index (χ2n) is 7.69. The molecule has 0 bridgehead atoms. The normalized spacial score (nSPS) is 10.8. The van der Waals surface area contributed by atoms with Gasteiger partial charge < -0.3 is 15.4 Å². The van der Waals surface area contributed by atoms with E-state index in [2.05, 4.69) is 26.2 Å². The maximum absolute atomic E-state index is 12.3. The number of carbonyl (C=O) groups is 1. The molecular weight excluding hydrogens is 484 g/mol. The minimum absolute atomic E-state index is 0.0967. The average molecular weight is 509 g/mol. The molecule has 0 radical (unpaired) electrons. The standard InChI is InChI=1S/C25H25ClN6O2S/c1-18-7-10-21(11-8-18)28-24(33)17-34-23-12-9-20(26)15-19(23)16-27-13-14-35-25-29-30-31-32(25)22-5-3-2-4-6-22/h2-12,15,27H,13-14,16-17H2,1H3,(H,28,33). The van der Waals surface area contributed by atoms with Crippen molar-refractivity contribution in [3.05, 3.63) is 88.9 Å². The zero-order valence-electron chi connectivity index (χ0n) is 19.1. The number of aryl methyl sites for hydroxylation is 1. The van der Waals surface area contributed by atoms with Crippen molar-refractivity contribution >= 4 is 35.0 Å². The molecule has 0 atom stereocenters. The number of nitrogens with one attached hydrogen (secondary N) is 2. The minimum atomic E-state index is -0.227. The number of ether oxygens (including phenoxy) is 1. The zero-order valence-corrected chi connectivity index (χ0v) is 20.7. The van der Waals surface area contributed by atoms with Crippen LogP contribution >= 0.6 is 23.4 Å². The van der Waals surface area contributed by atoms with Crippen molar-refractivity contribution in [1.82, 2.24) is 25.5 Å². The van der Waals surface area contributed by atoms with E-state index in [0.717, 1.165) is 33.4 Å². The van der Waals surface area contributed by atoms with Gasteiger partial charge in [-0.3, -0.25) is 4.79 Å². The van der Waals surface area contributed by atoms with Crippen LogP contribution in [0.5, 0.6) is 5.75 Å². The van der Waals surface area contributed by atoms with Gasteiger partial charge >= 0.3 is 0 Å². The van der Waals surface area contributed by atoms with Crippen LogP contribution in [0.4, 0.5) is 5.69 Å². The van der Waals surface area contributed by atoms with Crippen molar-refractivity contribution < 1.29 is 9.53 Å². The Labute approximate surface area is 213 Å². The Bertz CT molecular complexity index is 1250. The van der Waals surface area contributed by atoms with Crippen molar-refractivity contribution in [2.24, 2.45) is 0 Å². The number of anilines is 1. The third-order valence-corrected chi connectivity index (χ3v) is 6.14. The number of para-hydroxylation sites is 1. The quantitative estimate of drug-likeness (QED) is 0.227. The van der Waals surface area contributed by atoms with Crippen LogP contribution in [0.25, 0.3) is 5.69 Å². The Morgan fingerprint density at radius 3 is 2.69 bits per heavy atom. The summed E-state index contributed by atoms with van der Waals surface area (Å²) in [5, 5.41) is 19.5. The van der Waals surface area contributed by atoms with Crippen LogP contribution in [0.3, 0.4) is 0 Å². The number of amides is 1. The maximum atomic E-state index is 12.3. The Hall–Kier alpha value is -3.40. The van der Waals surface area contributed by atoms with Gasteiger partial charge in [-0.25, -0.2) is 0 Å². The third kappa shape index (κ3) is 7.29. The smallest absolute Gasteiger partial charge is 0.262 e. The number of nitrogens with zero attached hydrogens (tertiary/aromatic N) is 4. The van der Waals surface area contributed by atoms with Crippen LogP contribution in [0, 0.1) is 6.92 Å². The first-order chi connectivity index (χ1) is 17.1. The van der Waals surface area contributed by atoms with Crippen LogP contribution < -0.4 is 15.4 Å². The molecule has 0 unspecified atom stereocenters. The fourth-order valence-electron chi connectivity index (χ4n) is 3.24. The van der Waals surface area contributed by atoms with Gasteiger partial charge in [0.1, 0.15) is 5.75 Å². The summed E-state index contributed by atoms with van der Waals surface area (Å²) < 4.78 is 7.50. The van der Waals surface area contributed by atoms with Crippen LogP contribution in [0.1, 0.15) is 11.1 Å². The number of halogens is 1. The van der Waals surface area contributed by atoms with Gasteiger partial charge in [0, 0.05) is 35.1 Å². The van der Waals surface area contributed by atoms with Gasteiger partial charge in [0.2, 0.25) is 5.16 Å². The topological polar surface area (TPSA) is 94.0 Å². The molecule has 8 nitrogen and oxygen atoms in total. The zero-order chi connectivity index (χ0) is 24.5. The number of aromatic nitrogens is 4. The summed E-state index contributed by atoms with van der Waals surface area (Å²) in [6.07, 6.45) is 0. The van der Waals surface area contributed by atoms with E-state index < -0.39 is 0 Å². The molecule has 0 fully saturated rings. The van der Waals surface area contributed by atoms with Gasteiger partial charge in [0.05, 0.1) is 5.69 Å². The Kier molecular flexibility index (Phi) is 8.72. The van der Waals surface area contributed by atoms with E-state index in [1.807, 2.05) is 67.6 Å². The molecule has 4 aromatic rings. The van der Waals surface area contributed by atoms with Gasteiger partial charge in [-0.2, -0.15) is 4.68 Å². The molecule has 1 amide bonds. The highest BCUT2D eigenvalue weighted by molar-refractivity contribution is 7.99. The van der Waals surface area contributed by atoms with E-state index in [-0.39, 0.29) is 12.5 Å². The van der Waals surface area contributed by atoms with Crippen molar-refractivity contribution in [1.29, 1.82) is 0 Å². The molecule has 0 saturated carbocycles.